The van der Waals surface area contributed by atoms with Gasteiger partial charge in [-0.05, 0) is 32.1 Å². The van der Waals surface area contributed by atoms with Gasteiger partial charge in [0.25, 0.3) is 0 Å². The van der Waals surface area contributed by atoms with E-state index in [4.69, 9.17) is 16.7 Å². The second-order valence-corrected chi connectivity index (χ2v) is 6.42. The number of hydrogen-bond acceptors (Lipinski definition) is 1. The molecule has 20 heavy (non-hydrogen) atoms. The van der Waals surface area contributed by atoms with Crippen LogP contribution >= 0.6 is 11.6 Å². The third-order valence-corrected chi connectivity index (χ3v) is 4.08. The van der Waals surface area contributed by atoms with Gasteiger partial charge in [0.1, 0.15) is 0 Å². The second-order valence-electron chi connectivity index (χ2n) is 5.80. The number of allylic oxidation sites excluding steroid dienone is 2. The van der Waals surface area contributed by atoms with Crippen molar-refractivity contribution in [3.05, 3.63) is 12.2 Å². The van der Waals surface area contributed by atoms with Crippen LogP contribution in [0.15, 0.2) is 12.2 Å². The van der Waals surface area contributed by atoms with Crippen molar-refractivity contribution in [2.45, 2.75) is 95.8 Å². The lowest BCUT2D eigenvalue weighted by molar-refractivity contribution is 0.286. The number of aliphatic hydroxyl groups excluding tert-OH is 1. The average molecular weight is 303 g/mol. The van der Waals surface area contributed by atoms with Gasteiger partial charge in [-0.15, -0.1) is 11.6 Å². The number of unbranched alkanes of at least 4 members (excludes halogenated alkanes) is 10. The van der Waals surface area contributed by atoms with Gasteiger partial charge in [-0.25, -0.2) is 0 Å². The molecular weight excluding hydrogens is 268 g/mol. The lowest BCUT2D eigenvalue weighted by atomic mass is 10.1. The molecule has 0 saturated carbocycles. The van der Waals surface area contributed by atoms with Gasteiger partial charge in [0.05, 0.1) is 12.0 Å². The lowest BCUT2D eigenvalue weighted by Crippen LogP contribution is -2.03. The molecule has 0 aliphatic carbocycles. The Bertz CT molecular complexity index is 204. The minimum absolute atomic E-state index is 0.0350. The van der Waals surface area contributed by atoms with Crippen LogP contribution in [0.5, 0.6) is 0 Å². The maximum atomic E-state index is 8.80. The summed E-state index contributed by atoms with van der Waals surface area (Å²) >= 11 is 5.86. The van der Waals surface area contributed by atoms with Crippen LogP contribution in [0.25, 0.3) is 0 Å². The number of alkyl halides is 1. The van der Waals surface area contributed by atoms with E-state index in [1.54, 1.807) is 0 Å². The normalized spacial score (nSPS) is 13.2. The topological polar surface area (TPSA) is 20.2 Å². The summed E-state index contributed by atoms with van der Waals surface area (Å²) in [6.07, 6.45) is 21.4. The molecule has 1 nitrogen and oxygen atoms in total. The molecule has 0 aromatic rings. The zero-order valence-corrected chi connectivity index (χ0v) is 14.2. The minimum Gasteiger partial charge on any atom is -0.395 e. The van der Waals surface area contributed by atoms with E-state index in [1.807, 2.05) is 0 Å². The van der Waals surface area contributed by atoms with Crippen molar-refractivity contribution in [3.8, 4) is 0 Å². The standard InChI is InChI=1S/C18H35ClO/c1-2-3-4-5-6-7-8-9-10-11-12-13-14-15-16-18(19)17-20/h9-10,18,20H,2-8,11-17H2,1H3/b10-9-. The Hall–Kier alpha value is -0.0100. The van der Waals surface area contributed by atoms with Crippen molar-refractivity contribution >= 4 is 11.6 Å². The molecule has 0 saturated heterocycles. The summed E-state index contributed by atoms with van der Waals surface area (Å²) < 4.78 is 0. The maximum absolute atomic E-state index is 8.80. The van der Waals surface area contributed by atoms with E-state index in [-0.39, 0.29) is 12.0 Å². The monoisotopic (exact) mass is 302 g/mol. The maximum Gasteiger partial charge on any atom is 0.0595 e. The fourth-order valence-corrected chi connectivity index (χ4v) is 2.51. The van der Waals surface area contributed by atoms with E-state index >= 15 is 0 Å². The lowest BCUT2D eigenvalue weighted by Gasteiger charge is -2.04. The van der Waals surface area contributed by atoms with Crippen molar-refractivity contribution in [2.75, 3.05) is 6.61 Å². The predicted molar refractivity (Wildman–Crippen MR) is 91.6 cm³/mol. The molecule has 1 N–H and O–H groups in total. The van der Waals surface area contributed by atoms with Crippen molar-refractivity contribution in [1.29, 1.82) is 0 Å². The quantitative estimate of drug-likeness (QED) is 0.216. The predicted octanol–water partition coefficient (Wildman–Crippen LogP) is 6.23. The Morgan fingerprint density at radius 1 is 0.800 bits per heavy atom. The molecular formula is C18H35ClO. The van der Waals surface area contributed by atoms with E-state index in [0.29, 0.717) is 0 Å². The number of hydrogen-bond donors (Lipinski definition) is 1. The number of rotatable bonds is 15. The first-order valence-electron chi connectivity index (χ1n) is 8.71. The van der Waals surface area contributed by atoms with E-state index in [9.17, 15) is 0 Å². The molecule has 0 heterocycles. The first kappa shape index (κ1) is 20.0. The Labute approximate surface area is 131 Å². The molecule has 0 radical (unpaired) electrons. The molecule has 0 aliphatic rings. The van der Waals surface area contributed by atoms with Crippen LogP contribution < -0.4 is 0 Å². The van der Waals surface area contributed by atoms with Crippen molar-refractivity contribution in [3.63, 3.8) is 0 Å². The highest BCUT2D eigenvalue weighted by atomic mass is 35.5. The molecule has 0 spiro atoms. The van der Waals surface area contributed by atoms with Gasteiger partial charge in [0.15, 0.2) is 0 Å². The van der Waals surface area contributed by atoms with Crippen molar-refractivity contribution in [1.82, 2.24) is 0 Å². The van der Waals surface area contributed by atoms with E-state index in [0.717, 1.165) is 12.8 Å². The van der Waals surface area contributed by atoms with Crippen molar-refractivity contribution < 1.29 is 5.11 Å². The van der Waals surface area contributed by atoms with E-state index in [2.05, 4.69) is 19.1 Å². The van der Waals surface area contributed by atoms with Gasteiger partial charge in [-0.1, -0.05) is 70.4 Å². The molecule has 1 atom stereocenters. The third kappa shape index (κ3) is 16.0. The van der Waals surface area contributed by atoms with Crippen LogP contribution in [0.3, 0.4) is 0 Å². The largest absolute Gasteiger partial charge is 0.395 e. The van der Waals surface area contributed by atoms with E-state index < -0.39 is 0 Å². The Kier molecular flexibility index (Phi) is 17.0. The fraction of sp³-hybridized carbons (Fsp3) is 0.889. The minimum atomic E-state index is -0.0350. The molecule has 1 unspecified atom stereocenters. The van der Waals surface area contributed by atoms with Crippen LogP contribution in [0.2, 0.25) is 0 Å². The number of halogens is 1. The summed E-state index contributed by atoms with van der Waals surface area (Å²) in [6, 6.07) is 0. The summed E-state index contributed by atoms with van der Waals surface area (Å²) in [4.78, 5) is 0. The first-order chi connectivity index (χ1) is 9.81. The molecule has 0 aromatic heterocycles. The molecule has 120 valence electrons. The Balaban J connectivity index is 3.09. The highest BCUT2D eigenvalue weighted by molar-refractivity contribution is 6.20. The van der Waals surface area contributed by atoms with Gasteiger partial charge in [-0.3, -0.25) is 0 Å². The van der Waals surface area contributed by atoms with Gasteiger partial charge in [-0.2, -0.15) is 0 Å². The van der Waals surface area contributed by atoms with Crippen LogP contribution in [0.1, 0.15) is 90.4 Å². The smallest absolute Gasteiger partial charge is 0.0595 e. The fourth-order valence-electron chi connectivity index (χ4n) is 2.35. The molecule has 0 rings (SSSR count). The molecule has 0 aliphatic heterocycles. The highest BCUT2D eigenvalue weighted by Gasteiger charge is 2.00. The van der Waals surface area contributed by atoms with Gasteiger partial charge < -0.3 is 5.11 Å². The summed E-state index contributed by atoms with van der Waals surface area (Å²) in [5.74, 6) is 0. The zero-order valence-electron chi connectivity index (χ0n) is 13.5. The average Bonchev–Trinajstić information content (AvgIpc) is 2.47. The molecule has 0 aromatic carbocycles. The first-order valence-corrected chi connectivity index (χ1v) is 9.14. The summed E-state index contributed by atoms with van der Waals surface area (Å²) in [6.45, 7) is 2.38. The van der Waals surface area contributed by atoms with Crippen LogP contribution in [-0.2, 0) is 0 Å². The Morgan fingerprint density at radius 2 is 1.30 bits per heavy atom. The highest BCUT2D eigenvalue weighted by Crippen LogP contribution is 2.11. The zero-order chi connectivity index (χ0) is 14.9. The molecule has 0 bridgehead atoms. The van der Waals surface area contributed by atoms with Gasteiger partial charge in [0.2, 0.25) is 0 Å². The SMILES string of the molecule is CCCCCCCC/C=C\CCCCCCC(Cl)CO. The van der Waals surface area contributed by atoms with Crippen LogP contribution in [-0.4, -0.2) is 17.1 Å². The Morgan fingerprint density at radius 3 is 1.85 bits per heavy atom. The number of aliphatic hydroxyl groups is 1. The van der Waals surface area contributed by atoms with Crippen LogP contribution in [0.4, 0.5) is 0 Å². The second kappa shape index (κ2) is 17.0. The van der Waals surface area contributed by atoms with Crippen LogP contribution in [0, 0.1) is 0 Å². The summed E-state index contributed by atoms with van der Waals surface area (Å²) in [5.41, 5.74) is 0. The van der Waals surface area contributed by atoms with Crippen molar-refractivity contribution in [2.24, 2.45) is 0 Å². The molecule has 0 amide bonds. The van der Waals surface area contributed by atoms with Gasteiger partial charge in [0, 0.05) is 0 Å². The molecule has 2 heteroatoms. The summed E-state index contributed by atoms with van der Waals surface area (Å²) in [5, 5.41) is 8.76. The van der Waals surface area contributed by atoms with E-state index in [1.165, 1.54) is 70.6 Å². The summed E-state index contributed by atoms with van der Waals surface area (Å²) in [7, 11) is 0. The molecule has 0 fully saturated rings. The third-order valence-electron chi connectivity index (χ3n) is 3.73. The van der Waals surface area contributed by atoms with Gasteiger partial charge >= 0.3 is 0 Å².